The van der Waals surface area contributed by atoms with Gasteiger partial charge in [-0.05, 0) is 25.8 Å². The highest BCUT2D eigenvalue weighted by atomic mass is 32.1. The zero-order chi connectivity index (χ0) is 13.7. The second-order valence-electron chi connectivity index (χ2n) is 4.53. The quantitative estimate of drug-likeness (QED) is 0.748. The molecular weight excluding hydrogens is 279 g/mol. The van der Waals surface area contributed by atoms with Crippen LogP contribution in [0, 0.1) is 0 Å². The highest BCUT2D eigenvalue weighted by Crippen LogP contribution is 2.19. The fraction of sp³-hybridized carbons (Fsp3) is 0.818. The number of nitrogens with zero attached hydrogens (tertiary/aromatic N) is 2. The Morgan fingerprint density at radius 2 is 2.00 bits per heavy atom. The number of ether oxygens (including phenoxy) is 1. The molecule has 0 aliphatic heterocycles. The predicted octanol–water partition coefficient (Wildman–Crippen LogP) is 2.30. The van der Waals surface area contributed by atoms with Gasteiger partial charge in [-0.2, -0.15) is 13.2 Å². The normalized spacial score (nSPS) is 15.9. The van der Waals surface area contributed by atoms with Crippen LogP contribution >= 0.6 is 11.3 Å². The van der Waals surface area contributed by atoms with Crippen LogP contribution in [0.5, 0.6) is 0 Å². The van der Waals surface area contributed by atoms with E-state index in [0.717, 1.165) is 24.4 Å². The minimum absolute atomic E-state index is 0.127. The predicted molar refractivity (Wildman–Crippen MR) is 65.0 cm³/mol. The second-order valence-corrected chi connectivity index (χ2v) is 5.68. The Labute approximate surface area is 113 Å². The van der Waals surface area contributed by atoms with Crippen molar-refractivity contribution in [1.29, 1.82) is 0 Å². The Balaban J connectivity index is 1.60. The summed E-state index contributed by atoms with van der Waals surface area (Å²) in [7, 11) is 0. The molecule has 0 atom stereocenters. The van der Waals surface area contributed by atoms with Gasteiger partial charge >= 0.3 is 6.18 Å². The van der Waals surface area contributed by atoms with Crippen molar-refractivity contribution in [3.8, 4) is 0 Å². The lowest BCUT2D eigenvalue weighted by Crippen LogP contribution is -2.17. The molecule has 1 heterocycles. The van der Waals surface area contributed by atoms with Crippen molar-refractivity contribution < 1.29 is 17.9 Å². The molecule has 0 unspecified atom stereocenters. The first-order valence-electron chi connectivity index (χ1n) is 6.22. The van der Waals surface area contributed by atoms with Gasteiger partial charge in [0.25, 0.3) is 0 Å². The Hall–Kier alpha value is -0.730. The topological polar surface area (TPSA) is 47.0 Å². The van der Waals surface area contributed by atoms with Gasteiger partial charge in [0.1, 0.15) is 23.2 Å². The molecule has 108 valence electrons. The molecule has 4 nitrogen and oxygen atoms in total. The van der Waals surface area contributed by atoms with Crippen molar-refractivity contribution in [2.75, 3.05) is 13.2 Å². The van der Waals surface area contributed by atoms with Gasteiger partial charge in [0.15, 0.2) is 0 Å². The summed E-state index contributed by atoms with van der Waals surface area (Å²) in [6.07, 6.45) is 0.00615. The minimum atomic E-state index is -4.29. The summed E-state index contributed by atoms with van der Waals surface area (Å²) in [5.74, 6) is 0. The van der Waals surface area contributed by atoms with Gasteiger partial charge in [-0.15, -0.1) is 10.2 Å². The van der Waals surface area contributed by atoms with Crippen LogP contribution in [0.15, 0.2) is 0 Å². The van der Waals surface area contributed by atoms with Crippen LogP contribution in [-0.2, 0) is 17.8 Å². The number of aryl methyl sites for hydroxylation is 1. The summed E-state index contributed by atoms with van der Waals surface area (Å²) in [4.78, 5) is 0. The number of nitrogens with one attached hydrogen (secondary N) is 1. The number of alkyl halides is 3. The molecule has 0 saturated heterocycles. The average Bonchev–Trinajstić information content (AvgIpc) is 3.03. The molecule has 0 spiro atoms. The smallest absolute Gasteiger partial charge is 0.365 e. The Kier molecular flexibility index (Phi) is 5.12. The van der Waals surface area contributed by atoms with E-state index < -0.39 is 12.8 Å². The zero-order valence-corrected chi connectivity index (χ0v) is 11.2. The molecule has 2 rings (SSSR count). The highest BCUT2D eigenvalue weighted by molar-refractivity contribution is 7.11. The van der Waals surface area contributed by atoms with Crippen molar-refractivity contribution >= 4 is 11.3 Å². The average molecular weight is 295 g/mol. The summed E-state index contributed by atoms with van der Waals surface area (Å²) in [5, 5.41) is 12.5. The van der Waals surface area contributed by atoms with Crippen molar-refractivity contribution in [2.24, 2.45) is 0 Å². The van der Waals surface area contributed by atoms with E-state index in [1.54, 1.807) is 0 Å². The van der Waals surface area contributed by atoms with Crippen LogP contribution in [0.3, 0.4) is 0 Å². The van der Waals surface area contributed by atoms with Crippen molar-refractivity contribution in [1.82, 2.24) is 15.5 Å². The minimum Gasteiger partial charge on any atom is -0.365 e. The number of hydrogen-bond acceptors (Lipinski definition) is 5. The van der Waals surface area contributed by atoms with Crippen LogP contribution in [0.2, 0.25) is 0 Å². The first-order valence-corrected chi connectivity index (χ1v) is 7.04. The van der Waals surface area contributed by atoms with Gasteiger partial charge < -0.3 is 10.1 Å². The Bertz CT molecular complexity index is 393. The van der Waals surface area contributed by atoms with E-state index in [1.807, 2.05) is 0 Å². The molecule has 1 aromatic heterocycles. The lowest BCUT2D eigenvalue weighted by atomic mass is 10.3. The lowest BCUT2D eigenvalue weighted by Gasteiger charge is -2.04. The van der Waals surface area contributed by atoms with Crippen LogP contribution in [0.4, 0.5) is 13.2 Å². The van der Waals surface area contributed by atoms with Crippen LogP contribution < -0.4 is 5.32 Å². The lowest BCUT2D eigenvalue weighted by molar-refractivity contribution is -0.176. The van der Waals surface area contributed by atoms with Crippen molar-refractivity contribution in [3.63, 3.8) is 0 Å². The Morgan fingerprint density at radius 3 is 2.68 bits per heavy atom. The maximum Gasteiger partial charge on any atom is 0.411 e. The van der Waals surface area contributed by atoms with Gasteiger partial charge in [-0.1, -0.05) is 11.3 Å². The number of hydrogen-bond donors (Lipinski definition) is 1. The molecule has 0 radical (unpaired) electrons. The molecule has 0 amide bonds. The van der Waals surface area contributed by atoms with E-state index in [0.29, 0.717) is 11.0 Å². The van der Waals surface area contributed by atoms with E-state index in [1.165, 1.54) is 24.2 Å². The molecule has 1 aliphatic carbocycles. The third-order valence-electron chi connectivity index (χ3n) is 2.58. The molecule has 1 saturated carbocycles. The highest BCUT2D eigenvalue weighted by Gasteiger charge is 2.27. The molecule has 0 aromatic carbocycles. The summed E-state index contributed by atoms with van der Waals surface area (Å²) in [6, 6.07) is 0.695. The maximum atomic E-state index is 11.9. The number of aromatic nitrogens is 2. The molecular formula is C11H16F3N3OS. The SMILES string of the molecule is FC(F)(F)COCc1nnc(CCCNC2CC2)s1. The summed E-state index contributed by atoms with van der Waals surface area (Å²) >= 11 is 1.32. The van der Waals surface area contributed by atoms with E-state index in [2.05, 4.69) is 20.3 Å². The monoisotopic (exact) mass is 295 g/mol. The zero-order valence-electron chi connectivity index (χ0n) is 10.4. The maximum absolute atomic E-state index is 11.9. The Morgan fingerprint density at radius 1 is 1.26 bits per heavy atom. The fourth-order valence-electron chi connectivity index (χ4n) is 1.54. The largest absolute Gasteiger partial charge is 0.411 e. The van der Waals surface area contributed by atoms with Gasteiger partial charge in [0.05, 0.1) is 0 Å². The fourth-order valence-corrected chi connectivity index (χ4v) is 2.36. The first kappa shape index (κ1) is 14.7. The van der Waals surface area contributed by atoms with E-state index >= 15 is 0 Å². The molecule has 19 heavy (non-hydrogen) atoms. The third kappa shape index (κ3) is 6.31. The van der Waals surface area contributed by atoms with Gasteiger partial charge in [0.2, 0.25) is 0 Å². The molecule has 0 bridgehead atoms. The van der Waals surface area contributed by atoms with Crippen molar-refractivity contribution in [3.05, 3.63) is 10.0 Å². The van der Waals surface area contributed by atoms with Gasteiger partial charge in [-0.25, -0.2) is 0 Å². The molecule has 8 heteroatoms. The molecule has 1 aromatic rings. The first-order chi connectivity index (χ1) is 9.03. The van der Waals surface area contributed by atoms with Crippen molar-refractivity contribution in [2.45, 2.75) is 44.5 Å². The summed E-state index contributed by atoms with van der Waals surface area (Å²) in [6.45, 7) is -0.422. The number of halogens is 3. The van der Waals surface area contributed by atoms with Crippen LogP contribution in [0.1, 0.15) is 29.3 Å². The second kappa shape index (κ2) is 6.62. The molecule has 1 N–H and O–H groups in total. The third-order valence-corrected chi connectivity index (χ3v) is 3.53. The van der Waals surface area contributed by atoms with Gasteiger partial charge in [0, 0.05) is 12.5 Å². The molecule has 1 fully saturated rings. The summed E-state index contributed by atoms with van der Waals surface area (Å²) in [5.41, 5.74) is 0. The molecule has 1 aliphatic rings. The van der Waals surface area contributed by atoms with E-state index in [-0.39, 0.29) is 6.61 Å². The van der Waals surface area contributed by atoms with Crippen LogP contribution in [0.25, 0.3) is 0 Å². The van der Waals surface area contributed by atoms with Gasteiger partial charge in [-0.3, -0.25) is 0 Å². The number of rotatable bonds is 8. The summed E-state index contributed by atoms with van der Waals surface area (Å²) < 4.78 is 40.2. The van der Waals surface area contributed by atoms with E-state index in [4.69, 9.17) is 0 Å². The standard InChI is InChI=1S/C11H16F3N3OS/c12-11(13,14)7-18-6-10-17-16-9(19-10)2-1-5-15-8-3-4-8/h8,15H,1-7H2. The van der Waals surface area contributed by atoms with Crippen LogP contribution in [-0.4, -0.2) is 35.6 Å². The van der Waals surface area contributed by atoms with E-state index in [9.17, 15) is 13.2 Å².